The Kier molecular flexibility index (Phi) is 3.58. The maximum Gasteiger partial charge on any atom is 0.358 e. The van der Waals surface area contributed by atoms with E-state index in [1.807, 2.05) is 30.3 Å². The first-order valence-electron chi connectivity index (χ1n) is 5.07. The molecule has 0 bridgehead atoms. The van der Waals surface area contributed by atoms with Crippen LogP contribution in [0.3, 0.4) is 0 Å². The van der Waals surface area contributed by atoms with Crippen LogP contribution in [0.25, 0.3) is 0 Å². The lowest BCUT2D eigenvalue weighted by Gasteiger charge is -2.02. The van der Waals surface area contributed by atoms with E-state index >= 15 is 0 Å². The van der Waals surface area contributed by atoms with Crippen molar-refractivity contribution in [3.8, 4) is 0 Å². The highest BCUT2D eigenvalue weighted by Crippen LogP contribution is 2.10. The number of nitrogens with zero attached hydrogens (tertiary/aromatic N) is 2. The lowest BCUT2D eigenvalue weighted by molar-refractivity contribution is 0.0466. The molecule has 2 rings (SSSR count). The van der Waals surface area contributed by atoms with Crippen LogP contribution in [-0.2, 0) is 18.4 Å². The van der Waals surface area contributed by atoms with Gasteiger partial charge in [0, 0.05) is 13.2 Å². The summed E-state index contributed by atoms with van der Waals surface area (Å²) in [5, 5.41) is 0. The van der Waals surface area contributed by atoms with Gasteiger partial charge >= 0.3 is 5.97 Å². The zero-order valence-corrected chi connectivity index (χ0v) is 10.8. The number of aryl methyl sites for hydroxylation is 1. The summed E-state index contributed by atoms with van der Waals surface area (Å²) in [7, 11) is 1.80. The average molecular weight is 295 g/mol. The second-order valence-corrected chi connectivity index (χ2v) is 4.28. The zero-order chi connectivity index (χ0) is 12.3. The number of carbonyl (C=O) groups excluding carboxylic acids is 1. The molecule has 0 unspecified atom stereocenters. The van der Waals surface area contributed by atoms with E-state index in [4.69, 9.17) is 4.74 Å². The number of hydrogen-bond acceptors (Lipinski definition) is 3. The number of ether oxygens (including phenoxy) is 1. The predicted molar refractivity (Wildman–Crippen MR) is 66.5 cm³/mol. The smallest absolute Gasteiger partial charge is 0.358 e. The first-order valence-corrected chi connectivity index (χ1v) is 5.86. The minimum Gasteiger partial charge on any atom is -0.456 e. The minimum absolute atomic E-state index is 0.258. The summed E-state index contributed by atoms with van der Waals surface area (Å²) in [6.07, 6.45) is 1.62. The van der Waals surface area contributed by atoms with Crippen LogP contribution in [0.4, 0.5) is 0 Å². The van der Waals surface area contributed by atoms with Gasteiger partial charge in [0.25, 0.3) is 0 Å². The van der Waals surface area contributed by atoms with Crippen molar-refractivity contribution in [2.75, 3.05) is 0 Å². The average Bonchev–Trinajstić information content (AvgIpc) is 2.68. The molecule has 17 heavy (non-hydrogen) atoms. The Balaban J connectivity index is 1.98. The van der Waals surface area contributed by atoms with Gasteiger partial charge in [-0.2, -0.15) is 0 Å². The topological polar surface area (TPSA) is 44.1 Å². The van der Waals surface area contributed by atoms with E-state index in [0.29, 0.717) is 10.4 Å². The molecule has 1 heterocycles. The molecule has 0 aliphatic carbocycles. The van der Waals surface area contributed by atoms with Crippen LogP contribution in [-0.4, -0.2) is 15.5 Å². The fraction of sp³-hybridized carbons (Fsp3) is 0.167. The monoisotopic (exact) mass is 294 g/mol. The first-order chi connectivity index (χ1) is 8.16. The van der Waals surface area contributed by atoms with Crippen molar-refractivity contribution >= 4 is 21.9 Å². The summed E-state index contributed by atoms with van der Waals surface area (Å²) in [5.74, 6) is -0.421. The van der Waals surface area contributed by atoms with Crippen LogP contribution >= 0.6 is 15.9 Å². The second kappa shape index (κ2) is 5.14. The van der Waals surface area contributed by atoms with Crippen molar-refractivity contribution in [2.45, 2.75) is 6.61 Å². The Morgan fingerprint density at radius 1 is 1.41 bits per heavy atom. The summed E-state index contributed by atoms with van der Waals surface area (Å²) in [5.41, 5.74) is 1.26. The van der Waals surface area contributed by atoms with Gasteiger partial charge in [-0.3, -0.25) is 0 Å². The molecule has 4 nitrogen and oxygen atoms in total. The van der Waals surface area contributed by atoms with Crippen LogP contribution in [0, 0.1) is 0 Å². The number of esters is 1. The van der Waals surface area contributed by atoms with Gasteiger partial charge < -0.3 is 9.30 Å². The molecule has 1 aromatic carbocycles. The van der Waals surface area contributed by atoms with Crippen LogP contribution < -0.4 is 0 Å². The Labute approximate surface area is 107 Å². The Morgan fingerprint density at radius 3 is 2.71 bits per heavy atom. The van der Waals surface area contributed by atoms with E-state index < -0.39 is 5.97 Å². The summed E-state index contributed by atoms with van der Waals surface area (Å²) < 4.78 is 7.46. The van der Waals surface area contributed by atoms with Crippen molar-refractivity contribution < 1.29 is 9.53 Å². The molecule has 0 saturated carbocycles. The first kappa shape index (κ1) is 11.9. The highest BCUT2D eigenvalue weighted by atomic mass is 79.9. The normalized spacial score (nSPS) is 10.2. The van der Waals surface area contributed by atoms with E-state index in [1.165, 1.54) is 0 Å². The number of hydrogen-bond donors (Lipinski definition) is 0. The summed E-state index contributed by atoms with van der Waals surface area (Å²) >= 11 is 3.22. The number of carbonyl (C=O) groups is 1. The van der Waals surface area contributed by atoms with Gasteiger partial charge in [-0.05, 0) is 21.5 Å². The van der Waals surface area contributed by atoms with Gasteiger partial charge in [0.2, 0.25) is 0 Å². The van der Waals surface area contributed by atoms with E-state index in [1.54, 1.807) is 17.8 Å². The number of imidazole rings is 1. The van der Waals surface area contributed by atoms with Gasteiger partial charge in [0.15, 0.2) is 10.4 Å². The molecule has 0 aliphatic rings. The molecule has 0 saturated heterocycles. The van der Waals surface area contributed by atoms with Crippen molar-refractivity contribution in [1.82, 2.24) is 9.55 Å². The summed E-state index contributed by atoms with van der Waals surface area (Å²) in [6.45, 7) is 0.258. The van der Waals surface area contributed by atoms with Gasteiger partial charge in [-0.25, -0.2) is 9.78 Å². The predicted octanol–water partition coefficient (Wildman–Crippen LogP) is 2.54. The molecule has 0 N–H and O–H groups in total. The van der Waals surface area contributed by atoms with Gasteiger partial charge in [0.1, 0.15) is 6.61 Å². The number of halogens is 1. The standard InChI is InChI=1S/C12H11BrN2O2/c1-15-7-10(14-12(15)13)11(16)17-8-9-5-3-2-4-6-9/h2-7H,8H2,1H3. The molecule has 1 aromatic heterocycles. The summed E-state index contributed by atoms with van der Waals surface area (Å²) in [6, 6.07) is 9.53. The van der Waals surface area contributed by atoms with E-state index in [0.717, 1.165) is 5.56 Å². The van der Waals surface area contributed by atoms with Crippen molar-refractivity contribution in [3.63, 3.8) is 0 Å². The molecular formula is C12H11BrN2O2. The molecule has 5 heteroatoms. The molecule has 0 fully saturated rings. The third-order valence-corrected chi connectivity index (χ3v) is 2.98. The van der Waals surface area contributed by atoms with E-state index in [-0.39, 0.29) is 6.61 Å². The minimum atomic E-state index is -0.421. The van der Waals surface area contributed by atoms with Gasteiger partial charge in [-0.15, -0.1) is 0 Å². The van der Waals surface area contributed by atoms with Crippen LogP contribution in [0.15, 0.2) is 41.3 Å². The Morgan fingerprint density at radius 2 is 2.12 bits per heavy atom. The number of rotatable bonds is 3. The number of benzene rings is 1. The van der Waals surface area contributed by atoms with Crippen LogP contribution in [0.2, 0.25) is 0 Å². The fourth-order valence-corrected chi connectivity index (χ4v) is 1.63. The molecule has 0 spiro atoms. The zero-order valence-electron chi connectivity index (χ0n) is 9.26. The maximum absolute atomic E-state index is 11.7. The van der Waals surface area contributed by atoms with Crippen molar-refractivity contribution in [1.29, 1.82) is 0 Å². The molecule has 0 amide bonds. The highest BCUT2D eigenvalue weighted by molar-refractivity contribution is 9.10. The van der Waals surface area contributed by atoms with E-state index in [9.17, 15) is 4.79 Å². The quantitative estimate of drug-likeness (QED) is 0.817. The molecular weight excluding hydrogens is 284 g/mol. The maximum atomic E-state index is 11.7. The van der Waals surface area contributed by atoms with Crippen molar-refractivity contribution in [3.05, 3.63) is 52.5 Å². The summed E-state index contributed by atoms with van der Waals surface area (Å²) in [4.78, 5) is 15.7. The molecule has 0 atom stereocenters. The molecule has 2 aromatic rings. The van der Waals surface area contributed by atoms with Crippen LogP contribution in [0.5, 0.6) is 0 Å². The number of aromatic nitrogens is 2. The molecule has 0 aliphatic heterocycles. The second-order valence-electron chi connectivity index (χ2n) is 3.57. The third-order valence-electron chi connectivity index (χ3n) is 2.24. The fourth-order valence-electron chi connectivity index (χ4n) is 1.34. The Hall–Kier alpha value is -1.62. The SMILES string of the molecule is Cn1cc(C(=O)OCc2ccccc2)nc1Br. The largest absolute Gasteiger partial charge is 0.456 e. The molecule has 0 radical (unpaired) electrons. The molecule has 88 valence electrons. The lowest BCUT2D eigenvalue weighted by Crippen LogP contribution is -2.05. The lowest BCUT2D eigenvalue weighted by atomic mass is 10.2. The Bertz CT molecular complexity index is 503. The van der Waals surface area contributed by atoms with Crippen molar-refractivity contribution in [2.24, 2.45) is 7.05 Å². The van der Waals surface area contributed by atoms with E-state index in [2.05, 4.69) is 20.9 Å². The van der Waals surface area contributed by atoms with Gasteiger partial charge in [0.05, 0.1) is 0 Å². The third kappa shape index (κ3) is 2.94. The highest BCUT2D eigenvalue weighted by Gasteiger charge is 2.12. The van der Waals surface area contributed by atoms with Gasteiger partial charge in [-0.1, -0.05) is 30.3 Å². The van der Waals surface area contributed by atoms with Crippen LogP contribution in [0.1, 0.15) is 16.1 Å².